The van der Waals surface area contributed by atoms with E-state index in [4.69, 9.17) is 10.5 Å². The van der Waals surface area contributed by atoms with Crippen LogP contribution in [0, 0.1) is 17.3 Å². The summed E-state index contributed by atoms with van der Waals surface area (Å²) >= 11 is 0. The fraction of sp³-hybridized carbons (Fsp3) is 0.536. The number of fused-ring (bicyclic) bond motifs is 5. The summed E-state index contributed by atoms with van der Waals surface area (Å²) in [4.78, 5) is 13.0. The van der Waals surface area contributed by atoms with Gasteiger partial charge in [-0.3, -0.25) is 4.79 Å². The van der Waals surface area contributed by atoms with E-state index in [0.717, 1.165) is 44.1 Å². The molecule has 0 saturated heterocycles. The highest BCUT2D eigenvalue weighted by Gasteiger charge is 2.55. The molecule has 33 heavy (non-hydrogen) atoms. The molecule has 2 aromatic rings. The summed E-state index contributed by atoms with van der Waals surface area (Å²) in [7, 11) is 1.62. The van der Waals surface area contributed by atoms with Crippen molar-refractivity contribution >= 4 is 5.91 Å². The van der Waals surface area contributed by atoms with E-state index in [1.54, 1.807) is 7.11 Å². The van der Waals surface area contributed by atoms with E-state index < -0.39 is 6.04 Å². The van der Waals surface area contributed by atoms with Gasteiger partial charge in [0.25, 0.3) is 0 Å². The minimum Gasteiger partial charge on any atom is -0.504 e. The highest BCUT2D eigenvalue weighted by atomic mass is 16.5. The maximum Gasteiger partial charge on any atom is 0.237 e. The summed E-state index contributed by atoms with van der Waals surface area (Å²) in [6, 6.07) is 13.6. The number of amides is 1. The predicted octanol–water partition coefficient (Wildman–Crippen LogP) is 4.31. The highest BCUT2D eigenvalue weighted by molar-refractivity contribution is 5.82. The number of nitrogens with one attached hydrogen (secondary N) is 1. The van der Waals surface area contributed by atoms with Gasteiger partial charge in [0.05, 0.1) is 13.2 Å². The van der Waals surface area contributed by atoms with Crippen LogP contribution in [0.4, 0.5) is 0 Å². The van der Waals surface area contributed by atoms with Gasteiger partial charge in [-0.05, 0) is 96.9 Å². The van der Waals surface area contributed by atoms with Crippen molar-refractivity contribution in [2.75, 3.05) is 7.11 Å². The number of carbonyl (C=O) groups is 1. The van der Waals surface area contributed by atoms with Crippen molar-refractivity contribution in [1.29, 1.82) is 0 Å². The van der Waals surface area contributed by atoms with Gasteiger partial charge < -0.3 is 20.9 Å². The molecule has 3 aliphatic carbocycles. The van der Waals surface area contributed by atoms with Crippen LogP contribution in [0.1, 0.15) is 61.6 Å². The summed E-state index contributed by atoms with van der Waals surface area (Å²) in [6.45, 7) is 2.39. The zero-order valence-corrected chi connectivity index (χ0v) is 19.7. The van der Waals surface area contributed by atoms with E-state index in [2.05, 4.69) is 18.3 Å². The molecule has 2 saturated carbocycles. The van der Waals surface area contributed by atoms with Crippen LogP contribution in [0.5, 0.6) is 11.5 Å². The van der Waals surface area contributed by atoms with Gasteiger partial charge in [-0.2, -0.15) is 0 Å². The van der Waals surface area contributed by atoms with Crippen LogP contribution < -0.4 is 15.8 Å². The predicted molar refractivity (Wildman–Crippen MR) is 129 cm³/mol. The average molecular weight is 449 g/mol. The number of phenolic OH excluding ortho intramolecular Hbond substituents is 1. The van der Waals surface area contributed by atoms with E-state index in [1.807, 2.05) is 36.4 Å². The lowest BCUT2D eigenvalue weighted by Gasteiger charge is -2.51. The number of ether oxygens (including phenoxy) is 1. The highest BCUT2D eigenvalue weighted by Crippen LogP contribution is 2.61. The van der Waals surface area contributed by atoms with Crippen molar-refractivity contribution in [1.82, 2.24) is 5.32 Å². The minimum atomic E-state index is -0.520. The number of benzene rings is 2. The number of rotatable bonds is 5. The summed E-state index contributed by atoms with van der Waals surface area (Å²) < 4.78 is 5.41. The lowest BCUT2D eigenvalue weighted by molar-refractivity contribution is -0.124. The van der Waals surface area contributed by atoms with Gasteiger partial charge in [-0.25, -0.2) is 0 Å². The quantitative estimate of drug-likeness (QED) is 0.636. The zero-order valence-electron chi connectivity index (χ0n) is 19.7. The minimum absolute atomic E-state index is 0.0259. The van der Waals surface area contributed by atoms with Gasteiger partial charge in [0.1, 0.15) is 0 Å². The molecule has 0 aromatic heterocycles. The van der Waals surface area contributed by atoms with Crippen molar-refractivity contribution < 1.29 is 14.6 Å². The van der Waals surface area contributed by atoms with E-state index in [0.29, 0.717) is 29.9 Å². The summed E-state index contributed by atoms with van der Waals surface area (Å²) in [5, 5.41) is 13.6. The molecule has 0 spiro atoms. The third-order valence-corrected chi connectivity index (χ3v) is 8.98. The van der Waals surface area contributed by atoms with E-state index >= 15 is 0 Å². The Labute approximate surface area is 196 Å². The molecule has 0 aliphatic heterocycles. The molecule has 5 nitrogen and oxygen atoms in total. The van der Waals surface area contributed by atoms with Gasteiger partial charge in [0.2, 0.25) is 5.91 Å². The van der Waals surface area contributed by atoms with Crippen LogP contribution >= 0.6 is 0 Å². The Morgan fingerprint density at radius 2 is 2.00 bits per heavy atom. The molecule has 5 rings (SSSR count). The molecule has 0 radical (unpaired) electrons. The Kier molecular flexibility index (Phi) is 5.86. The molecular formula is C28H36N2O3. The molecule has 176 valence electrons. The molecule has 0 heterocycles. The topological polar surface area (TPSA) is 84.6 Å². The van der Waals surface area contributed by atoms with Gasteiger partial charge in [-0.1, -0.05) is 37.3 Å². The first kappa shape index (κ1) is 22.3. The van der Waals surface area contributed by atoms with E-state index in [-0.39, 0.29) is 23.1 Å². The summed E-state index contributed by atoms with van der Waals surface area (Å²) in [6.07, 6.45) is 7.11. The summed E-state index contributed by atoms with van der Waals surface area (Å²) in [5.41, 5.74) is 10.1. The molecule has 0 bridgehead atoms. The van der Waals surface area contributed by atoms with Gasteiger partial charge in [-0.15, -0.1) is 0 Å². The Morgan fingerprint density at radius 1 is 1.21 bits per heavy atom. The molecule has 6 atom stereocenters. The fourth-order valence-electron chi connectivity index (χ4n) is 7.23. The Bertz CT molecular complexity index is 1020. The first-order chi connectivity index (χ1) is 15.9. The molecular weight excluding hydrogens is 412 g/mol. The van der Waals surface area contributed by atoms with Crippen molar-refractivity contribution in [3.05, 3.63) is 59.2 Å². The third-order valence-electron chi connectivity index (χ3n) is 8.98. The maximum absolute atomic E-state index is 13.0. The molecule has 2 fully saturated rings. The monoisotopic (exact) mass is 448 g/mol. The number of aromatic hydroxyl groups is 1. The van der Waals surface area contributed by atoms with Crippen LogP contribution in [0.2, 0.25) is 0 Å². The molecule has 5 heteroatoms. The normalized spacial score (nSPS) is 31.1. The van der Waals surface area contributed by atoms with Crippen LogP contribution in [0.25, 0.3) is 0 Å². The number of carbonyl (C=O) groups excluding carboxylic acids is 1. The van der Waals surface area contributed by atoms with Gasteiger partial charge in [0.15, 0.2) is 11.5 Å². The lowest BCUT2D eigenvalue weighted by atomic mass is 9.55. The number of aryl methyl sites for hydroxylation is 1. The molecule has 4 unspecified atom stereocenters. The maximum atomic E-state index is 13.0. The van der Waals surface area contributed by atoms with Crippen molar-refractivity contribution in [2.45, 2.75) is 69.9 Å². The van der Waals surface area contributed by atoms with Gasteiger partial charge in [0, 0.05) is 6.04 Å². The molecule has 1 amide bonds. The second kappa shape index (κ2) is 8.68. The van der Waals surface area contributed by atoms with E-state index in [1.165, 1.54) is 11.1 Å². The number of phenols is 1. The van der Waals surface area contributed by atoms with Crippen molar-refractivity contribution in [2.24, 2.45) is 23.0 Å². The zero-order chi connectivity index (χ0) is 23.2. The van der Waals surface area contributed by atoms with Crippen molar-refractivity contribution in [3.8, 4) is 11.5 Å². The first-order valence-corrected chi connectivity index (χ1v) is 12.4. The van der Waals surface area contributed by atoms with Crippen molar-refractivity contribution in [3.63, 3.8) is 0 Å². The van der Waals surface area contributed by atoms with Gasteiger partial charge >= 0.3 is 0 Å². The number of methoxy groups -OCH3 is 1. The average Bonchev–Trinajstić information content (AvgIpc) is 3.15. The first-order valence-electron chi connectivity index (χ1n) is 12.4. The molecule has 2 aromatic carbocycles. The summed E-state index contributed by atoms with van der Waals surface area (Å²) in [5.74, 6) is 2.51. The second-order valence-corrected chi connectivity index (χ2v) is 10.6. The van der Waals surface area contributed by atoms with Crippen LogP contribution in [-0.2, 0) is 17.6 Å². The largest absolute Gasteiger partial charge is 0.504 e. The van der Waals surface area contributed by atoms with Crippen LogP contribution in [0.3, 0.4) is 0 Å². The third kappa shape index (κ3) is 3.90. The molecule has 3 aliphatic rings. The number of hydrogen-bond donors (Lipinski definition) is 3. The lowest BCUT2D eigenvalue weighted by Crippen LogP contribution is -2.53. The Morgan fingerprint density at radius 3 is 2.76 bits per heavy atom. The number of hydrogen-bond acceptors (Lipinski definition) is 4. The Balaban J connectivity index is 1.30. The van der Waals surface area contributed by atoms with E-state index in [9.17, 15) is 9.90 Å². The second-order valence-electron chi connectivity index (χ2n) is 10.6. The number of nitrogens with two attached hydrogens (primary N) is 1. The van der Waals surface area contributed by atoms with Crippen LogP contribution in [0.15, 0.2) is 42.5 Å². The fourth-order valence-corrected chi connectivity index (χ4v) is 7.23. The smallest absolute Gasteiger partial charge is 0.237 e. The molecule has 4 N–H and O–H groups in total. The SMILES string of the molecule is COc1cc2c(cc1O)CCC1C2CC[C@@]2(C)C1CC[C@@H]2NC(=O)C(N)Cc1ccccc1. The Hall–Kier alpha value is -2.53. The standard InChI is InChI=1S/C28H36N2O3/c1-28-13-12-19-20(9-8-18-15-24(31)25(33-2)16-21(18)19)22(28)10-11-26(28)30-27(32)23(29)14-17-6-4-3-5-7-17/h3-7,15-16,19-20,22-23,26,31H,8-14,29H2,1-2H3,(H,30,32)/t19?,20?,22?,23?,26-,28-/m0/s1. The van der Waals surface area contributed by atoms with Crippen LogP contribution in [-0.4, -0.2) is 30.2 Å².